The minimum Gasteiger partial charge on any atom is -0.306 e. The molecule has 3 heterocycles. The van der Waals surface area contributed by atoms with E-state index in [0.29, 0.717) is 11.8 Å². The lowest BCUT2D eigenvalue weighted by molar-refractivity contribution is 0.444. The van der Waals surface area contributed by atoms with Crippen LogP contribution in [0.1, 0.15) is 87.2 Å². The van der Waals surface area contributed by atoms with Crippen molar-refractivity contribution in [1.29, 1.82) is 0 Å². The smallest absolute Gasteiger partial charge is 0.0923 e. The second kappa shape index (κ2) is 9.01. The molecule has 0 radical (unpaired) electrons. The zero-order valence-electron chi connectivity index (χ0n) is 22.1. The third kappa shape index (κ3) is 3.59. The molecule has 0 bridgehead atoms. The Morgan fingerprint density at radius 1 is 0.579 bits per heavy atom. The number of nitrogens with zero attached hydrogens (tertiary/aromatic N) is 3. The molecule has 3 nitrogen and oxygen atoms in total. The molecule has 3 aromatic heterocycles. The molecule has 0 spiro atoms. The SMILES string of the molecule is c1ccc2cn3ncc(-n4c5ccc(C6CCCCC6)cc5c5cc(C6CCCCC6)ccc54)c3cc2c1. The number of fused-ring (bicyclic) bond motifs is 5. The molecule has 0 N–H and O–H groups in total. The molecule has 0 saturated heterocycles. The highest BCUT2D eigenvalue weighted by atomic mass is 15.2. The molecule has 2 saturated carbocycles. The van der Waals surface area contributed by atoms with Crippen LogP contribution in [0.3, 0.4) is 0 Å². The Morgan fingerprint density at radius 3 is 1.76 bits per heavy atom. The number of pyridine rings is 1. The zero-order chi connectivity index (χ0) is 25.1. The number of hydrogen-bond donors (Lipinski definition) is 0. The fraction of sp³-hybridized carbons (Fsp3) is 0.343. The first-order chi connectivity index (χ1) is 18.8. The van der Waals surface area contributed by atoms with Gasteiger partial charge < -0.3 is 4.57 Å². The minimum absolute atomic E-state index is 0.705. The lowest BCUT2D eigenvalue weighted by Gasteiger charge is -2.22. The normalized spacial score (nSPS) is 17.8. The van der Waals surface area contributed by atoms with Gasteiger partial charge in [-0.05, 0) is 84.4 Å². The van der Waals surface area contributed by atoms with Crippen molar-refractivity contribution >= 4 is 38.1 Å². The van der Waals surface area contributed by atoms with Crippen LogP contribution in [0.2, 0.25) is 0 Å². The Hall–Kier alpha value is -3.59. The number of benzene rings is 3. The van der Waals surface area contributed by atoms with Gasteiger partial charge in [0.25, 0.3) is 0 Å². The van der Waals surface area contributed by atoms with Crippen LogP contribution in [0.5, 0.6) is 0 Å². The Kier molecular flexibility index (Phi) is 5.31. The van der Waals surface area contributed by atoms with E-state index < -0.39 is 0 Å². The van der Waals surface area contributed by atoms with Crippen molar-refractivity contribution in [2.75, 3.05) is 0 Å². The van der Waals surface area contributed by atoms with E-state index in [2.05, 4.69) is 83.7 Å². The third-order valence-corrected chi connectivity index (χ3v) is 9.57. The maximum Gasteiger partial charge on any atom is 0.0923 e. The van der Waals surface area contributed by atoms with Crippen molar-refractivity contribution in [3.63, 3.8) is 0 Å². The average Bonchev–Trinajstić information content (AvgIpc) is 3.54. The second-order valence-electron chi connectivity index (χ2n) is 11.8. The van der Waals surface area contributed by atoms with Gasteiger partial charge in [0.15, 0.2) is 0 Å². The lowest BCUT2D eigenvalue weighted by atomic mass is 9.83. The molecule has 38 heavy (non-hydrogen) atoms. The van der Waals surface area contributed by atoms with Crippen molar-refractivity contribution < 1.29 is 0 Å². The minimum atomic E-state index is 0.705. The highest BCUT2D eigenvalue weighted by molar-refractivity contribution is 6.10. The van der Waals surface area contributed by atoms with Crippen molar-refractivity contribution in [2.24, 2.45) is 0 Å². The van der Waals surface area contributed by atoms with E-state index in [9.17, 15) is 0 Å². The first-order valence-corrected chi connectivity index (χ1v) is 14.8. The van der Waals surface area contributed by atoms with Gasteiger partial charge in [0.05, 0.1) is 28.4 Å². The van der Waals surface area contributed by atoms with Crippen LogP contribution in [-0.4, -0.2) is 14.2 Å². The van der Waals surface area contributed by atoms with E-state index in [1.165, 1.54) is 108 Å². The molecule has 3 heteroatoms. The topological polar surface area (TPSA) is 22.2 Å². The van der Waals surface area contributed by atoms with Crippen LogP contribution < -0.4 is 0 Å². The van der Waals surface area contributed by atoms with Crippen molar-refractivity contribution in [3.8, 4) is 5.69 Å². The molecular weight excluding hydrogens is 462 g/mol. The molecule has 0 aliphatic heterocycles. The van der Waals surface area contributed by atoms with Gasteiger partial charge in [-0.15, -0.1) is 0 Å². The van der Waals surface area contributed by atoms with Gasteiger partial charge in [0.1, 0.15) is 0 Å². The maximum absolute atomic E-state index is 4.82. The summed E-state index contributed by atoms with van der Waals surface area (Å²) in [6.07, 6.45) is 17.8. The predicted octanol–water partition coefficient (Wildman–Crippen LogP) is 9.68. The summed E-state index contributed by atoms with van der Waals surface area (Å²) in [5, 5.41) is 10.1. The molecular formula is C35H35N3. The second-order valence-corrected chi connectivity index (χ2v) is 11.8. The summed E-state index contributed by atoms with van der Waals surface area (Å²) in [7, 11) is 0. The molecule has 6 aromatic rings. The van der Waals surface area contributed by atoms with Crippen LogP contribution in [0.15, 0.2) is 79.1 Å². The standard InChI is InChI=1S/C35H35N3/c1-3-9-24(10-4-1)27-15-17-32-30(19-27)31-20-28(25-11-5-2-6-12-25)16-18-33(31)38(32)35-22-36-37-23-29-14-8-7-13-26(29)21-34(35)37/h7-8,13-25H,1-6,9-12H2. The highest BCUT2D eigenvalue weighted by Crippen LogP contribution is 2.41. The van der Waals surface area contributed by atoms with E-state index in [0.717, 1.165) is 11.2 Å². The molecule has 190 valence electrons. The molecule has 3 aromatic carbocycles. The Labute approximate surface area is 224 Å². The Bertz CT molecular complexity index is 1720. The zero-order valence-corrected chi connectivity index (χ0v) is 22.1. The first-order valence-electron chi connectivity index (χ1n) is 14.8. The first kappa shape index (κ1) is 22.4. The van der Waals surface area contributed by atoms with Gasteiger partial charge in [-0.2, -0.15) is 5.10 Å². The van der Waals surface area contributed by atoms with Crippen molar-refractivity contribution in [3.05, 3.63) is 90.3 Å². The summed E-state index contributed by atoms with van der Waals surface area (Å²) in [4.78, 5) is 0. The maximum atomic E-state index is 4.82. The largest absolute Gasteiger partial charge is 0.306 e. The van der Waals surface area contributed by atoms with Gasteiger partial charge in [0.2, 0.25) is 0 Å². The molecule has 8 rings (SSSR count). The predicted molar refractivity (Wildman–Crippen MR) is 159 cm³/mol. The molecule has 0 unspecified atom stereocenters. The van der Waals surface area contributed by atoms with Crippen LogP contribution >= 0.6 is 0 Å². The van der Waals surface area contributed by atoms with Crippen LogP contribution in [-0.2, 0) is 0 Å². The Balaban J connectivity index is 1.37. The molecule has 0 atom stereocenters. The van der Waals surface area contributed by atoms with Crippen LogP contribution in [0.4, 0.5) is 0 Å². The molecule has 0 amide bonds. The number of hydrogen-bond acceptors (Lipinski definition) is 1. The third-order valence-electron chi connectivity index (χ3n) is 9.57. The van der Waals surface area contributed by atoms with E-state index in [1.54, 1.807) is 0 Å². The number of aromatic nitrogens is 3. The quantitative estimate of drug-likeness (QED) is 0.238. The Morgan fingerprint density at radius 2 is 1.16 bits per heavy atom. The van der Waals surface area contributed by atoms with Gasteiger partial charge in [-0.1, -0.05) is 74.9 Å². The van der Waals surface area contributed by atoms with Gasteiger partial charge >= 0.3 is 0 Å². The summed E-state index contributed by atoms with van der Waals surface area (Å²) in [5.74, 6) is 1.41. The van der Waals surface area contributed by atoms with Gasteiger partial charge in [-0.3, -0.25) is 0 Å². The fourth-order valence-corrected chi connectivity index (χ4v) is 7.51. The van der Waals surface area contributed by atoms with Gasteiger partial charge in [0, 0.05) is 22.4 Å². The van der Waals surface area contributed by atoms with E-state index in [4.69, 9.17) is 5.10 Å². The summed E-state index contributed by atoms with van der Waals surface area (Å²) in [5.41, 5.74) is 7.96. The lowest BCUT2D eigenvalue weighted by Crippen LogP contribution is -2.04. The van der Waals surface area contributed by atoms with E-state index >= 15 is 0 Å². The van der Waals surface area contributed by atoms with Crippen molar-refractivity contribution in [1.82, 2.24) is 14.2 Å². The average molecular weight is 498 g/mol. The fourth-order valence-electron chi connectivity index (χ4n) is 7.51. The monoisotopic (exact) mass is 497 g/mol. The molecule has 2 aliphatic carbocycles. The van der Waals surface area contributed by atoms with Gasteiger partial charge in [-0.25, -0.2) is 4.52 Å². The van der Waals surface area contributed by atoms with Crippen LogP contribution in [0, 0.1) is 0 Å². The van der Waals surface area contributed by atoms with E-state index in [-0.39, 0.29) is 0 Å². The summed E-state index contributed by atoms with van der Waals surface area (Å²) >= 11 is 0. The summed E-state index contributed by atoms with van der Waals surface area (Å²) in [6.45, 7) is 0. The highest BCUT2D eigenvalue weighted by Gasteiger charge is 2.22. The summed E-state index contributed by atoms with van der Waals surface area (Å²) < 4.78 is 4.51. The van der Waals surface area contributed by atoms with Crippen LogP contribution in [0.25, 0.3) is 43.8 Å². The van der Waals surface area contributed by atoms with Crippen molar-refractivity contribution in [2.45, 2.75) is 76.0 Å². The van der Waals surface area contributed by atoms with E-state index in [1.807, 2.05) is 4.52 Å². The summed E-state index contributed by atoms with van der Waals surface area (Å²) in [6, 6.07) is 25.6. The number of rotatable bonds is 3. The molecule has 2 fully saturated rings. The molecule has 2 aliphatic rings.